The second-order valence-corrected chi connectivity index (χ2v) is 2.71. The largest absolute Gasteiger partial charge is 0.424 e. The smallest absolute Gasteiger partial charge is 0.308 e. The van der Waals surface area contributed by atoms with E-state index in [1.165, 1.54) is 19.1 Å². The van der Waals surface area contributed by atoms with Crippen molar-refractivity contribution in [1.82, 2.24) is 0 Å². The molecule has 0 aliphatic carbocycles. The Bertz CT molecular complexity index is 321. The first kappa shape index (κ1) is 9.71. The normalized spacial score (nSPS) is 9.77. The fourth-order valence-corrected chi connectivity index (χ4v) is 1.00. The van der Waals surface area contributed by atoms with E-state index in [1.807, 2.05) is 6.92 Å². The van der Waals surface area contributed by atoms with Crippen LogP contribution < -0.4 is 4.74 Å². The summed E-state index contributed by atoms with van der Waals surface area (Å²) in [5.74, 6) is -1.01. The highest BCUT2D eigenvalue weighted by Crippen LogP contribution is 2.19. The molecule has 0 unspecified atom stereocenters. The van der Waals surface area contributed by atoms with Crippen LogP contribution >= 0.6 is 0 Å². The van der Waals surface area contributed by atoms with Crippen molar-refractivity contribution in [3.05, 3.63) is 29.6 Å². The van der Waals surface area contributed by atoms with Crippen LogP contribution in [0.15, 0.2) is 18.2 Å². The molecule has 0 N–H and O–H groups in total. The van der Waals surface area contributed by atoms with Crippen molar-refractivity contribution < 1.29 is 13.9 Å². The molecule has 0 bridgehead atoms. The number of aryl methyl sites for hydroxylation is 1. The van der Waals surface area contributed by atoms with Crippen LogP contribution in [0.2, 0.25) is 0 Å². The third-order valence-corrected chi connectivity index (χ3v) is 1.66. The third-order valence-electron chi connectivity index (χ3n) is 1.66. The number of hydrogen-bond acceptors (Lipinski definition) is 2. The van der Waals surface area contributed by atoms with Crippen LogP contribution in [0.25, 0.3) is 0 Å². The number of esters is 1. The lowest BCUT2D eigenvalue weighted by molar-refractivity contribution is -0.132. The minimum Gasteiger partial charge on any atom is -0.424 e. The minimum atomic E-state index is -0.507. The summed E-state index contributed by atoms with van der Waals surface area (Å²) in [6.07, 6.45) is 0.786. The lowest BCUT2D eigenvalue weighted by Gasteiger charge is -2.04. The maximum absolute atomic E-state index is 13.0. The summed E-state index contributed by atoms with van der Waals surface area (Å²) in [6, 6.07) is 4.51. The SMILES string of the molecule is CCc1ccc(F)c(OC(C)=O)c1. The van der Waals surface area contributed by atoms with Crippen molar-refractivity contribution in [2.24, 2.45) is 0 Å². The summed E-state index contributed by atoms with van der Waals surface area (Å²) in [5.41, 5.74) is 0.942. The van der Waals surface area contributed by atoms with Gasteiger partial charge in [-0.25, -0.2) is 4.39 Å². The number of benzene rings is 1. The zero-order valence-electron chi connectivity index (χ0n) is 7.63. The van der Waals surface area contributed by atoms with Gasteiger partial charge in [-0.15, -0.1) is 0 Å². The lowest BCUT2D eigenvalue weighted by atomic mass is 10.1. The molecular weight excluding hydrogens is 171 g/mol. The quantitative estimate of drug-likeness (QED) is 0.518. The molecule has 70 valence electrons. The molecule has 0 aliphatic rings. The molecule has 0 spiro atoms. The van der Waals surface area contributed by atoms with Crippen LogP contribution in [0, 0.1) is 5.82 Å². The van der Waals surface area contributed by atoms with Crippen LogP contribution in [-0.4, -0.2) is 5.97 Å². The Hall–Kier alpha value is -1.38. The predicted molar refractivity (Wildman–Crippen MR) is 47.1 cm³/mol. The second-order valence-electron chi connectivity index (χ2n) is 2.71. The van der Waals surface area contributed by atoms with Gasteiger partial charge in [0.15, 0.2) is 11.6 Å². The predicted octanol–water partition coefficient (Wildman–Crippen LogP) is 2.31. The van der Waals surface area contributed by atoms with Crippen molar-refractivity contribution >= 4 is 5.97 Å². The van der Waals surface area contributed by atoms with E-state index < -0.39 is 11.8 Å². The Labute approximate surface area is 76.3 Å². The Morgan fingerprint density at radius 2 is 2.23 bits per heavy atom. The maximum atomic E-state index is 13.0. The molecule has 0 aliphatic heterocycles. The maximum Gasteiger partial charge on any atom is 0.308 e. The number of carbonyl (C=O) groups is 1. The van der Waals surface area contributed by atoms with E-state index in [9.17, 15) is 9.18 Å². The van der Waals surface area contributed by atoms with Gasteiger partial charge in [-0.2, -0.15) is 0 Å². The monoisotopic (exact) mass is 182 g/mol. The second kappa shape index (κ2) is 4.03. The number of rotatable bonds is 2. The van der Waals surface area contributed by atoms with Gasteiger partial charge < -0.3 is 4.74 Å². The Morgan fingerprint density at radius 3 is 2.77 bits per heavy atom. The van der Waals surface area contributed by atoms with Gasteiger partial charge in [-0.05, 0) is 24.1 Å². The molecule has 3 heteroatoms. The molecule has 0 radical (unpaired) electrons. The van der Waals surface area contributed by atoms with Gasteiger partial charge >= 0.3 is 5.97 Å². The van der Waals surface area contributed by atoms with Gasteiger partial charge in [-0.3, -0.25) is 4.79 Å². The van der Waals surface area contributed by atoms with Crippen LogP contribution in [0.3, 0.4) is 0 Å². The van der Waals surface area contributed by atoms with Gasteiger partial charge in [0, 0.05) is 6.92 Å². The first-order valence-corrected chi connectivity index (χ1v) is 4.10. The average molecular weight is 182 g/mol. The van der Waals surface area contributed by atoms with Crippen LogP contribution in [0.4, 0.5) is 4.39 Å². The topological polar surface area (TPSA) is 26.3 Å². The Balaban J connectivity index is 2.96. The van der Waals surface area contributed by atoms with E-state index >= 15 is 0 Å². The van der Waals surface area contributed by atoms with E-state index in [0.29, 0.717) is 0 Å². The molecule has 1 aromatic carbocycles. The highest BCUT2D eigenvalue weighted by atomic mass is 19.1. The van der Waals surface area contributed by atoms with E-state index in [2.05, 4.69) is 4.74 Å². The minimum absolute atomic E-state index is 0.00634. The summed E-state index contributed by atoms with van der Waals surface area (Å²) in [5, 5.41) is 0. The van der Waals surface area contributed by atoms with Gasteiger partial charge in [0.25, 0.3) is 0 Å². The number of hydrogen-bond donors (Lipinski definition) is 0. The summed E-state index contributed by atoms with van der Waals surface area (Å²) < 4.78 is 17.7. The molecule has 0 fully saturated rings. The molecule has 1 aromatic rings. The first-order chi connectivity index (χ1) is 6.13. The summed E-state index contributed by atoms with van der Waals surface area (Å²) >= 11 is 0. The zero-order chi connectivity index (χ0) is 9.84. The zero-order valence-corrected chi connectivity index (χ0v) is 7.63. The van der Waals surface area contributed by atoms with Gasteiger partial charge in [-0.1, -0.05) is 13.0 Å². The van der Waals surface area contributed by atoms with Gasteiger partial charge in [0.05, 0.1) is 0 Å². The average Bonchev–Trinajstić information content (AvgIpc) is 2.08. The molecule has 13 heavy (non-hydrogen) atoms. The molecular formula is C10H11FO2. The Kier molecular flexibility index (Phi) is 3.01. The molecule has 0 amide bonds. The molecule has 0 aromatic heterocycles. The highest BCUT2D eigenvalue weighted by Gasteiger charge is 2.05. The van der Waals surface area contributed by atoms with E-state index in [0.717, 1.165) is 12.0 Å². The van der Waals surface area contributed by atoms with Crippen molar-refractivity contribution in [3.8, 4) is 5.75 Å². The van der Waals surface area contributed by atoms with Gasteiger partial charge in [0.2, 0.25) is 0 Å². The van der Waals surface area contributed by atoms with Crippen molar-refractivity contribution in [2.45, 2.75) is 20.3 Å². The van der Waals surface area contributed by atoms with Crippen LogP contribution in [-0.2, 0) is 11.2 Å². The van der Waals surface area contributed by atoms with Gasteiger partial charge in [0.1, 0.15) is 0 Å². The van der Waals surface area contributed by atoms with Crippen molar-refractivity contribution in [2.75, 3.05) is 0 Å². The van der Waals surface area contributed by atoms with E-state index in [1.54, 1.807) is 6.07 Å². The molecule has 0 saturated heterocycles. The fourth-order valence-electron chi connectivity index (χ4n) is 1.00. The van der Waals surface area contributed by atoms with E-state index in [-0.39, 0.29) is 5.75 Å². The number of halogens is 1. The number of ether oxygens (including phenoxy) is 1. The molecule has 0 atom stereocenters. The summed E-state index contributed by atoms with van der Waals surface area (Å²) in [7, 11) is 0. The highest BCUT2D eigenvalue weighted by molar-refractivity contribution is 5.69. The van der Waals surface area contributed by atoms with Crippen molar-refractivity contribution in [3.63, 3.8) is 0 Å². The standard InChI is InChI=1S/C10H11FO2/c1-3-8-4-5-9(11)10(6-8)13-7(2)12/h4-6H,3H2,1-2H3. The van der Waals surface area contributed by atoms with Crippen molar-refractivity contribution in [1.29, 1.82) is 0 Å². The molecule has 0 saturated carbocycles. The molecule has 2 nitrogen and oxygen atoms in total. The molecule has 1 rings (SSSR count). The lowest BCUT2D eigenvalue weighted by Crippen LogP contribution is -2.03. The third kappa shape index (κ3) is 2.54. The Morgan fingerprint density at radius 1 is 1.54 bits per heavy atom. The summed E-state index contributed by atoms with van der Waals surface area (Å²) in [4.78, 5) is 10.6. The fraction of sp³-hybridized carbons (Fsp3) is 0.300. The van der Waals surface area contributed by atoms with E-state index in [4.69, 9.17) is 0 Å². The van der Waals surface area contributed by atoms with Crippen LogP contribution in [0.1, 0.15) is 19.4 Å². The molecule has 0 heterocycles. The first-order valence-electron chi connectivity index (χ1n) is 4.10. The number of carbonyl (C=O) groups excluding carboxylic acids is 1. The van der Waals surface area contributed by atoms with Crippen LogP contribution in [0.5, 0.6) is 5.75 Å². The summed E-state index contributed by atoms with van der Waals surface area (Å²) in [6.45, 7) is 3.20.